The minimum Gasteiger partial charge on any atom is -0.444 e. The number of ether oxygens (including phenoxy) is 1. The van der Waals surface area contributed by atoms with Gasteiger partial charge in [0, 0.05) is 19.1 Å². The highest BCUT2D eigenvalue weighted by Crippen LogP contribution is 2.32. The SMILES string of the molecule is CC(C)(C)OC(=O)NC1CCN(c2c(F)cccc2NC(C#N)=C(C#N)C#N)CC1. The summed E-state index contributed by atoms with van der Waals surface area (Å²) in [6.45, 7) is 6.29. The molecule has 2 N–H and O–H groups in total. The van der Waals surface area contributed by atoms with Gasteiger partial charge in [-0.05, 0) is 45.7 Å². The van der Waals surface area contributed by atoms with Crippen LogP contribution in [-0.4, -0.2) is 30.8 Å². The van der Waals surface area contributed by atoms with E-state index < -0.39 is 17.5 Å². The number of piperidine rings is 1. The third-order valence-electron chi connectivity index (χ3n) is 4.36. The minimum atomic E-state index is -0.587. The molecular weight excluding hydrogens is 387 g/mol. The van der Waals surface area contributed by atoms with Gasteiger partial charge >= 0.3 is 6.09 Å². The second-order valence-electron chi connectivity index (χ2n) is 7.75. The predicted molar refractivity (Wildman–Crippen MR) is 108 cm³/mol. The van der Waals surface area contributed by atoms with E-state index in [9.17, 15) is 14.4 Å². The Labute approximate surface area is 175 Å². The fourth-order valence-corrected chi connectivity index (χ4v) is 3.08. The zero-order valence-corrected chi connectivity index (χ0v) is 17.1. The lowest BCUT2D eigenvalue weighted by molar-refractivity contribution is 0.0497. The fourth-order valence-electron chi connectivity index (χ4n) is 3.08. The van der Waals surface area contributed by atoms with Crippen molar-refractivity contribution >= 4 is 17.5 Å². The average molecular weight is 410 g/mol. The Hall–Kier alpha value is -3.77. The molecule has 1 aliphatic rings. The molecule has 0 atom stereocenters. The first kappa shape index (κ1) is 22.5. The highest BCUT2D eigenvalue weighted by molar-refractivity contribution is 5.74. The van der Waals surface area contributed by atoms with Crippen molar-refractivity contribution in [3.05, 3.63) is 35.3 Å². The summed E-state index contributed by atoms with van der Waals surface area (Å²) in [5.74, 6) is -0.494. The number of hydrogen-bond donors (Lipinski definition) is 2. The average Bonchev–Trinajstić information content (AvgIpc) is 2.67. The van der Waals surface area contributed by atoms with E-state index in [4.69, 9.17) is 15.3 Å². The third kappa shape index (κ3) is 5.86. The number of para-hydroxylation sites is 1. The molecule has 156 valence electrons. The molecule has 1 saturated heterocycles. The van der Waals surface area contributed by atoms with Gasteiger partial charge in [0.1, 0.15) is 35.3 Å². The first-order valence-electron chi connectivity index (χ1n) is 9.43. The highest BCUT2D eigenvalue weighted by Gasteiger charge is 2.26. The number of nitrogens with one attached hydrogen (secondary N) is 2. The number of allylic oxidation sites excluding steroid dienone is 2. The molecule has 0 radical (unpaired) electrons. The Kier molecular flexibility index (Phi) is 7.22. The molecule has 0 unspecified atom stereocenters. The van der Waals surface area contributed by atoms with Gasteiger partial charge in [-0.1, -0.05) is 6.07 Å². The number of carbonyl (C=O) groups is 1. The number of carbonyl (C=O) groups excluding carboxylic acids is 1. The molecule has 9 heteroatoms. The molecule has 2 rings (SSSR count). The molecule has 0 aliphatic carbocycles. The number of halogens is 1. The molecule has 0 spiro atoms. The smallest absolute Gasteiger partial charge is 0.407 e. The Morgan fingerprint density at radius 2 is 1.80 bits per heavy atom. The fraction of sp³-hybridized carbons (Fsp3) is 0.429. The molecule has 0 bridgehead atoms. The van der Waals surface area contributed by atoms with Gasteiger partial charge in [-0.2, -0.15) is 15.8 Å². The van der Waals surface area contributed by atoms with Gasteiger partial charge in [0.15, 0.2) is 5.57 Å². The summed E-state index contributed by atoms with van der Waals surface area (Å²) < 4.78 is 19.9. The third-order valence-corrected chi connectivity index (χ3v) is 4.36. The summed E-state index contributed by atoms with van der Waals surface area (Å²) in [6, 6.07) is 9.33. The minimum absolute atomic E-state index is 0.0994. The van der Waals surface area contributed by atoms with Crippen LogP contribution in [0.1, 0.15) is 33.6 Å². The number of nitrogens with zero attached hydrogens (tertiary/aromatic N) is 4. The Bertz CT molecular complexity index is 938. The molecule has 1 aliphatic heterocycles. The van der Waals surface area contributed by atoms with E-state index in [0.29, 0.717) is 25.9 Å². The van der Waals surface area contributed by atoms with Crippen molar-refractivity contribution in [2.24, 2.45) is 0 Å². The van der Waals surface area contributed by atoms with Crippen LogP contribution in [0.2, 0.25) is 0 Å². The number of benzene rings is 1. The van der Waals surface area contributed by atoms with Crippen molar-refractivity contribution in [2.45, 2.75) is 45.3 Å². The molecule has 1 amide bonds. The monoisotopic (exact) mass is 410 g/mol. The van der Waals surface area contributed by atoms with E-state index in [0.717, 1.165) is 0 Å². The summed E-state index contributed by atoms with van der Waals surface area (Å²) in [7, 11) is 0. The standard InChI is InChI=1S/C21H23FN6O2/c1-21(2,3)30-20(29)26-15-7-9-28(10-8-15)19-16(22)5-4-6-17(19)27-18(13-25)14(11-23)12-24/h4-6,15,27H,7-10H2,1-3H3,(H,26,29). The summed E-state index contributed by atoms with van der Waals surface area (Å²) in [5, 5.41) is 32.8. The Morgan fingerprint density at radius 3 is 2.33 bits per heavy atom. The van der Waals surface area contributed by atoms with Crippen LogP contribution in [0.15, 0.2) is 29.5 Å². The van der Waals surface area contributed by atoms with Crippen molar-refractivity contribution in [1.29, 1.82) is 15.8 Å². The van der Waals surface area contributed by atoms with E-state index in [1.807, 2.05) is 0 Å². The number of alkyl carbamates (subject to hydrolysis) is 1. The second-order valence-corrected chi connectivity index (χ2v) is 7.75. The van der Waals surface area contributed by atoms with E-state index in [-0.39, 0.29) is 28.7 Å². The van der Waals surface area contributed by atoms with Crippen LogP contribution in [-0.2, 0) is 4.74 Å². The zero-order valence-electron chi connectivity index (χ0n) is 17.1. The zero-order chi connectivity index (χ0) is 22.3. The van der Waals surface area contributed by atoms with Crippen LogP contribution >= 0.6 is 0 Å². The van der Waals surface area contributed by atoms with Gasteiger partial charge < -0.3 is 20.3 Å². The van der Waals surface area contributed by atoms with Crippen molar-refractivity contribution in [3.8, 4) is 18.2 Å². The molecule has 0 aromatic heterocycles. The van der Waals surface area contributed by atoms with Gasteiger partial charge in [0.05, 0.1) is 11.4 Å². The molecular formula is C21H23FN6O2. The number of nitriles is 3. The van der Waals surface area contributed by atoms with Crippen molar-refractivity contribution in [2.75, 3.05) is 23.3 Å². The van der Waals surface area contributed by atoms with E-state index in [2.05, 4.69) is 10.6 Å². The highest BCUT2D eigenvalue weighted by atomic mass is 19.1. The molecule has 30 heavy (non-hydrogen) atoms. The van der Waals surface area contributed by atoms with Crippen LogP contribution in [0.5, 0.6) is 0 Å². The first-order chi connectivity index (χ1) is 14.2. The lowest BCUT2D eigenvalue weighted by atomic mass is 10.0. The summed E-state index contributed by atoms with van der Waals surface area (Å²) in [6.07, 6.45) is 0.670. The molecule has 1 aromatic rings. The molecule has 1 aromatic carbocycles. The van der Waals surface area contributed by atoms with Gasteiger partial charge in [0.2, 0.25) is 0 Å². The van der Waals surface area contributed by atoms with Gasteiger partial charge in [-0.25, -0.2) is 9.18 Å². The van der Waals surface area contributed by atoms with E-state index in [1.54, 1.807) is 49.9 Å². The maximum atomic E-state index is 14.6. The predicted octanol–water partition coefficient (Wildman–Crippen LogP) is 3.56. The lowest BCUT2D eigenvalue weighted by Gasteiger charge is -2.35. The van der Waals surface area contributed by atoms with Crippen molar-refractivity contribution in [3.63, 3.8) is 0 Å². The van der Waals surface area contributed by atoms with Crippen LogP contribution in [0.4, 0.5) is 20.6 Å². The van der Waals surface area contributed by atoms with Crippen molar-refractivity contribution in [1.82, 2.24) is 5.32 Å². The molecule has 1 fully saturated rings. The number of hydrogen-bond acceptors (Lipinski definition) is 7. The van der Waals surface area contributed by atoms with Crippen LogP contribution in [0.3, 0.4) is 0 Å². The summed E-state index contributed by atoms with van der Waals surface area (Å²) >= 11 is 0. The van der Waals surface area contributed by atoms with Gasteiger partial charge in [0.25, 0.3) is 0 Å². The summed E-state index contributed by atoms with van der Waals surface area (Å²) in [4.78, 5) is 13.8. The number of rotatable bonds is 4. The Morgan fingerprint density at radius 1 is 1.17 bits per heavy atom. The Balaban J connectivity index is 2.14. The second kappa shape index (κ2) is 9.62. The maximum absolute atomic E-state index is 14.6. The van der Waals surface area contributed by atoms with Crippen LogP contribution in [0, 0.1) is 39.8 Å². The first-order valence-corrected chi connectivity index (χ1v) is 9.43. The topological polar surface area (TPSA) is 125 Å². The molecule has 8 nitrogen and oxygen atoms in total. The normalized spacial score (nSPS) is 14.0. The van der Waals surface area contributed by atoms with Crippen molar-refractivity contribution < 1.29 is 13.9 Å². The van der Waals surface area contributed by atoms with Gasteiger partial charge in [-0.3, -0.25) is 0 Å². The number of anilines is 2. The van der Waals surface area contributed by atoms with Crippen LogP contribution in [0.25, 0.3) is 0 Å². The maximum Gasteiger partial charge on any atom is 0.407 e. The van der Waals surface area contributed by atoms with E-state index in [1.165, 1.54) is 12.1 Å². The largest absolute Gasteiger partial charge is 0.444 e. The summed E-state index contributed by atoms with van der Waals surface area (Å²) in [5.41, 5.74) is -0.679. The van der Waals surface area contributed by atoms with E-state index >= 15 is 0 Å². The van der Waals surface area contributed by atoms with Gasteiger partial charge in [-0.15, -0.1) is 0 Å². The molecule has 1 heterocycles. The lowest BCUT2D eigenvalue weighted by Crippen LogP contribution is -2.46. The quantitative estimate of drug-likeness (QED) is 0.727. The van der Waals surface area contributed by atoms with Crippen LogP contribution < -0.4 is 15.5 Å². The number of amides is 1. The molecule has 0 saturated carbocycles.